The van der Waals surface area contributed by atoms with E-state index in [4.69, 9.17) is 5.73 Å². The molecule has 0 spiro atoms. The fraction of sp³-hybridized carbons (Fsp3) is 0.364. The summed E-state index contributed by atoms with van der Waals surface area (Å²) in [6, 6.07) is 3.96. The van der Waals surface area contributed by atoms with Gasteiger partial charge in [-0.3, -0.25) is 4.98 Å². The highest BCUT2D eigenvalue weighted by atomic mass is 32.1. The molecule has 2 N–H and O–H groups in total. The summed E-state index contributed by atoms with van der Waals surface area (Å²) in [5.41, 5.74) is 7.90. The van der Waals surface area contributed by atoms with E-state index in [1.807, 2.05) is 32.2 Å². The second kappa shape index (κ2) is 4.67. The topological polar surface area (TPSA) is 64.7 Å². The van der Waals surface area contributed by atoms with Gasteiger partial charge >= 0.3 is 0 Å². The predicted octanol–water partition coefficient (Wildman–Crippen LogP) is 2.32. The molecule has 84 valence electrons. The van der Waals surface area contributed by atoms with Crippen LogP contribution in [0.4, 0.5) is 0 Å². The van der Waals surface area contributed by atoms with Crippen LogP contribution < -0.4 is 5.73 Å². The molecule has 2 rings (SSSR count). The second-order valence-electron chi connectivity index (χ2n) is 3.65. The largest absolute Gasteiger partial charge is 0.322 e. The molecule has 0 aromatic carbocycles. The Balaban J connectivity index is 2.28. The molecule has 0 radical (unpaired) electrons. The van der Waals surface area contributed by atoms with Crippen molar-refractivity contribution in [1.82, 2.24) is 15.2 Å². The van der Waals surface area contributed by atoms with Crippen molar-refractivity contribution in [2.45, 2.75) is 26.3 Å². The molecule has 4 nitrogen and oxygen atoms in total. The zero-order valence-electron chi connectivity index (χ0n) is 9.34. The number of hydrogen-bond acceptors (Lipinski definition) is 5. The number of rotatable bonds is 3. The summed E-state index contributed by atoms with van der Waals surface area (Å²) < 4.78 is 0. The molecule has 1 unspecified atom stereocenters. The Hall–Kier alpha value is -1.33. The zero-order valence-corrected chi connectivity index (χ0v) is 10.2. The maximum absolute atomic E-state index is 5.90. The van der Waals surface area contributed by atoms with E-state index in [-0.39, 0.29) is 6.04 Å². The minimum Gasteiger partial charge on any atom is -0.322 e. The van der Waals surface area contributed by atoms with E-state index in [2.05, 4.69) is 15.2 Å². The van der Waals surface area contributed by atoms with Gasteiger partial charge in [-0.05, 0) is 25.5 Å². The van der Waals surface area contributed by atoms with E-state index in [1.54, 1.807) is 0 Å². The molecular formula is C11H14N4S. The first kappa shape index (κ1) is 11.2. The van der Waals surface area contributed by atoms with Crippen molar-refractivity contribution in [3.8, 4) is 10.6 Å². The molecule has 2 heterocycles. The van der Waals surface area contributed by atoms with Gasteiger partial charge in [-0.2, -0.15) is 0 Å². The summed E-state index contributed by atoms with van der Waals surface area (Å²) >= 11 is 1.54. The number of aromatic nitrogens is 3. The van der Waals surface area contributed by atoms with Crippen LogP contribution in [0.15, 0.2) is 18.3 Å². The normalized spacial score (nSPS) is 12.7. The fourth-order valence-electron chi connectivity index (χ4n) is 1.27. The lowest BCUT2D eigenvalue weighted by Crippen LogP contribution is -2.07. The molecule has 0 aliphatic heterocycles. The van der Waals surface area contributed by atoms with Crippen LogP contribution in [0.1, 0.15) is 30.1 Å². The van der Waals surface area contributed by atoms with Crippen LogP contribution in [-0.2, 0) is 0 Å². The maximum Gasteiger partial charge on any atom is 0.149 e. The third-order valence-electron chi connectivity index (χ3n) is 2.36. The van der Waals surface area contributed by atoms with E-state index >= 15 is 0 Å². The molecule has 0 saturated heterocycles. The molecule has 0 aliphatic carbocycles. The molecule has 16 heavy (non-hydrogen) atoms. The van der Waals surface area contributed by atoms with Crippen molar-refractivity contribution < 1.29 is 0 Å². The standard InChI is InChI=1S/C11H14N4S/c1-3-9(12)11-15-14-10(16-11)8-5-4-7(2)13-6-8/h4-6,9H,3,12H2,1-2H3. The van der Waals surface area contributed by atoms with Gasteiger partial charge in [0.05, 0.1) is 6.04 Å². The lowest BCUT2D eigenvalue weighted by molar-refractivity contribution is 0.683. The third kappa shape index (κ3) is 2.25. The van der Waals surface area contributed by atoms with Crippen LogP contribution >= 0.6 is 11.3 Å². The molecule has 0 saturated carbocycles. The zero-order chi connectivity index (χ0) is 11.5. The van der Waals surface area contributed by atoms with E-state index in [1.165, 1.54) is 11.3 Å². The van der Waals surface area contributed by atoms with E-state index in [0.29, 0.717) is 0 Å². The summed E-state index contributed by atoms with van der Waals surface area (Å²) in [5.74, 6) is 0. The van der Waals surface area contributed by atoms with Crippen molar-refractivity contribution in [3.63, 3.8) is 0 Å². The van der Waals surface area contributed by atoms with Crippen LogP contribution in [0.2, 0.25) is 0 Å². The number of pyridine rings is 1. The molecule has 5 heteroatoms. The van der Waals surface area contributed by atoms with E-state index < -0.39 is 0 Å². The highest BCUT2D eigenvalue weighted by molar-refractivity contribution is 7.14. The molecule has 1 atom stereocenters. The molecule has 0 bridgehead atoms. The predicted molar refractivity (Wildman–Crippen MR) is 65.1 cm³/mol. The van der Waals surface area contributed by atoms with Crippen molar-refractivity contribution in [1.29, 1.82) is 0 Å². The molecule has 0 amide bonds. The van der Waals surface area contributed by atoms with Crippen molar-refractivity contribution in [3.05, 3.63) is 29.0 Å². The van der Waals surface area contributed by atoms with Gasteiger partial charge in [0.25, 0.3) is 0 Å². The number of aryl methyl sites for hydroxylation is 1. The van der Waals surface area contributed by atoms with Gasteiger partial charge in [0.15, 0.2) is 0 Å². The summed E-state index contributed by atoms with van der Waals surface area (Å²) in [7, 11) is 0. The van der Waals surface area contributed by atoms with Gasteiger partial charge in [-0.15, -0.1) is 10.2 Å². The average Bonchev–Trinajstić information content (AvgIpc) is 2.78. The summed E-state index contributed by atoms with van der Waals surface area (Å²) in [4.78, 5) is 4.24. The van der Waals surface area contributed by atoms with Gasteiger partial charge in [0, 0.05) is 17.5 Å². The highest BCUT2D eigenvalue weighted by Crippen LogP contribution is 2.26. The van der Waals surface area contributed by atoms with Crippen LogP contribution in [0.25, 0.3) is 10.6 Å². The molecule has 2 aromatic heterocycles. The number of nitrogens with two attached hydrogens (primary N) is 1. The van der Waals surface area contributed by atoms with Crippen molar-refractivity contribution in [2.75, 3.05) is 0 Å². The number of hydrogen-bond donors (Lipinski definition) is 1. The SMILES string of the molecule is CCC(N)c1nnc(-c2ccc(C)nc2)s1. The first-order chi connectivity index (χ1) is 7.70. The smallest absolute Gasteiger partial charge is 0.149 e. The average molecular weight is 234 g/mol. The first-order valence-corrected chi connectivity index (χ1v) is 6.04. The molecule has 2 aromatic rings. The van der Waals surface area contributed by atoms with Crippen molar-refractivity contribution >= 4 is 11.3 Å². The fourth-order valence-corrected chi connectivity index (χ4v) is 2.19. The Morgan fingerprint density at radius 2 is 2.19 bits per heavy atom. The van der Waals surface area contributed by atoms with Gasteiger partial charge in [-0.25, -0.2) is 0 Å². The minimum atomic E-state index is -0.00958. The Morgan fingerprint density at radius 1 is 1.38 bits per heavy atom. The molecule has 0 fully saturated rings. The third-order valence-corrected chi connectivity index (χ3v) is 3.46. The first-order valence-electron chi connectivity index (χ1n) is 5.22. The Bertz CT molecular complexity index is 463. The van der Waals surface area contributed by atoms with Crippen LogP contribution in [-0.4, -0.2) is 15.2 Å². The quantitative estimate of drug-likeness (QED) is 0.885. The van der Waals surface area contributed by atoms with Crippen molar-refractivity contribution in [2.24, 2.45) is 5.73 Å². The summed E-state index contributed by atoms with van der Waals surface area (Å²) in [6.45, 7) is 4.00. The van der Waals surface area contributed by atoms with E-state index in [0.717, 1.165) is 27.7 Å². The second-order valence-corrected chi connectivity index (χ2v) is 4.66. The monoisotopic (exact) mass is 234 g/mol. The number of nitrogens with zero attached hydrogens (tertiary/aromatic N) is 3. The van der Waals surface area contributed by atoms with Gasteiger partial charge in [-0.1, -0.05) is 18.3 Å². The minimum absolute atomic E-state index is 0.00958. The van der Waals surface area contributed by atoms with Crippen LogP contribution in [0, 0.1) is 6.92 Å². The maximum atomic E-state index is 5.90. The van der Waals surface area contributed by atoms with E-state index in [9.17, 15) is 0 Å². The Kier molecular flexibility index (Phi) is 3.26. The van der Waals surface area contributed by atoms with Crippen LogP contribution in [0.3, 0.4) is 0 Å². The summed E-state index contributed by atoms with van der Waals surface area (Å²) in [5, 5.41) is 10.0. The Labute approximate surface area is 98.6 Å². The molecular weight excluding hydrogens is 220 g/mol. The van der Waals surface area contributed by atoms with Gasteiger partial charge in [0.1, 0.15) is 10.0 Å². The van der Waals surface area contributed by atoms with Gasteiger partial charge in [0.2, 0.25) is 0 Å². The lowest BCUT2D eigenvalue weighted by atomic mass is 10.3. The highest BCUT2D eigenvalue weighted by Gasteiger charge is 2.11. The lowest BCUT2D eigenvalue weighted by Gasteiger charge is -2.00. The van der Waals surface area contributed by atoms with Gasteiger partial charge < -0.3 is 5.73 Å². The van der Waals surface area contributed by atoms with Crippen LogP contribution in [0.5, 0.6) is 0 Å². The summed E-state index contributed by atoms with van der Waals surface area (Å²) in [6.07, 6.45) is 2.69. The Morgan fingerprint density at radius 3 is 2.81 bits per heavy atom. The molecule has 0 aliphatic rings.